The van der Waals surface area contributed by atoms with Crippen molar-refractivity contribution in [3.63, 3.8) is 0 Å². The zero-order valence-corrected chi connectivity index (χ0v) is 21.8. The van der Waals surface area contributed by atoms with Crippen molar-refractivity contribution >= 4 is 49.5 Å². The first kappa shape index (κ1) is 23.6. The maximum atomic E-state index is 4.20. The Balaban J connectivity index is 1.50. The van der Waals surface area contributed by atoms with E-state index in [-0.39, 0.29) is 0 Å². The van der Waals surface area contributed by atoms with E-state index < -0.39 is 0 Å². The van der Waals surface area contributed by atoms with E-state index in [1.165, 1.54) is 54.8 Å². The number of rotatable bonds is 6. The number of benzene rings is 5. The minimum Gasteiger partial charge on any atom is -0.388 e. The van der Waals surface area contributed by atoms with Crippen LogP contribution in [0, 0.1) is 0 Å². The maximum Gasteiger partial charge on any atom is 0.0547 e. The van der Waals surface area contributed by atoms with E-state index in [1.807, 2.05) is 13.1 Å². The lowest BCUT2D eigenvalue weighted by Gasteiger charge is -2.12. The Labute approximate surface area is 223 Å². The van der Waals surface area contributed by atoms with Gasteiger partial charge in [0.15, 0.2) is 0 Å². The highest BCUT2D eigenvalue weighted by Gasteiger charge is 2.14. The Morgan fingerprint density at radius 1 is 0.711 bits per heavy atom. The number of allylic oxidation sites excluding steroid dienone is 5. The monoisotopic (exact) mass is 490 g/mol. The van der Waals surface area contributed by atoms with Gasteiger partial charge in [-0.2, -0.15) is 0 Å². The molecule has 38 heavy (non-hydrogen) atoms. The van der Waals surface area contributed by atoms with Gasteiger partial charge in [-0.05, 0) is 76.4 Å². The lowest BCUT2D eigenvalue weighted by Crippen LogP contribution is -1.94. The lowest BCUT2D eigenvalue weighted by molar-refractivity contribution is 1.24. The quantitative estimate of drug-likeness (QED) is 0.230. The van der Waals surface area contributed by atoms with Gasteiger partial charge in [-0.25, -0.2) is 0 Å². The van der Waals surface area contributed by atoms with Crippen molar-refractivity contribution in [2.75, 3.05) is 12.4 Å². The van der Waals surface area contributed by atoms with Gasteiger partial charge in [-0.3, -0.25) is 0 Å². The third kappa shape index (κ3) is 4.01. The number of anilines is 1. The fourth-order valence-corrected chi connectivity index (χ4v) is 5.45. The van der Waals surface area contributed by atoms with Crippen LogP contribution in [-0.2, 0) is 0 Å². The van der Waals surface area contributed by atoms with Crippen molar-refractivity contribution in [2.45, 2.75) is 6.92 Å². The van der Waals surface area contributed by atoms with E-state index in [4.69, 9.17) is 0 Å². The Bertz CT molecular complexity index is 1860. The van der Waals surface area contributed by atoms with Gasteiger partial charge in [0.25, 0.3) is 0 Å². The van der Waals surface area contributed by atoms with Crippen molar-refractivity contribution in [3.8, 4) is 11.1 Å². The minimum absolute atomic E-state index is 1.04. The van der Waals surface area contributed by atoms with E-state index in [2.05, 4.69) is 145 Å². The fourth-order valence-electron chi connectivity index (χ4n) is 5.45. The predicted molar refractivity (Wildman–Crippen MR) is 166 cm³/mol. The molecular formula is C36H30N2. The molecule has 6 aromatic rings. The molecule has 0 aliphatic heterocycles. The first-order valence-corrected chi connectivity index (χ1v) is 13.0. The Hall–Kier alpha value is -4.82. The van der Waals surface area contributed by atoms with Crippen LogP contribution >= 0.6 is 0 Å². The lowest BCUT2D eigenvalue weighted by atomic mass is 9.95. The SMILES string of the molecule is C=C/C(=C\C=C(/C)c1ccccc1-c1ccc(NC)cc1)n1c2ccccc2c2c3ccccc3ccc21. The molecular weight excluding hydrogens is 460 g/mol. The van der Waals surface area contributed by atoms with Crippen molar-refractivity contribution < 1.29 is 0 Å². The van der Waals surface area contributed by atoms with E-state index in [1.54, 1.807) is 0 Å². The van der Waals surface area contributed by atoms with Crippen molar-refractivity contribution in [1.82, 2.24) is 4.57 Å². The van der Waals surface area contributed by atoms with Gasteiger partial charge >= 0.3 is 0 Å². The molecule has 2 nitrogen and oxygen atoms in total. The fraction of sp³-hybridized carbons (Fsp3) is 0.0556. The van der Waals surface area contributed by atoms with Gasteiger partial charge in [-0.1, -0.05) is 97.6 Å². The number of aromatic nitrogens is 1. The summed E-state index contributed by atoms with van der Waals surface area (Å²) in [6, 6.07) is 38.9. The Morgan fingerprint density at radius 2 is 1.42 bits per heavy atom. The van der Waals surface area contributed by atoms with Crippen LogP contribution in [0.25, 0.3) is 55.0 Å². The summed E-state index contributed by atoms with van der Waals surface area (Å²) in [5.74, 6) is 0. The predicted octanol–water partition coefficient (Wildman–Crippen LogP) is 9.79. The summed E-state index contributed by atoms with van der Waals surface area (Å²) >= 11 is 0. The summed E-state index contributed by atoms with van der Waals surface area (Å²) in [6.07, 6.45) is 6.34. The van der Waals surface area contributed by atoms with E-state index >= 15 is 0 Å². The molecule has 0 unspecified atom stereocenters. The van der Waals surface area contributed by atoms with Crippen LogP contribution in [0.2, 0.25) is 0 Å². The molecule has 0 aliphatic carbocycles. The molecule has 5 aromatic carbocycles. The molecule has 0 radical (unpaired) electrons. The number of nitrogens with zero attached hydrogens (tertiary/aromatic N) is 1. The van der Waals surface area contributed by atoms with Gasteiger partial charge < -0.3 is 9.88 Å². The van der Waals surface area contributed by atoms with E-state index in [0.717, 1.165) is 11.4 Å². The number of hydrogen-bond acceptors (Lipinski definition) is 1. The largest absolute Gasteiger partial charge is 0.388 e. The average molecular weight is 491 g/mol. The zero-order valence-electron chi connectivity index (χ0n) is 21.8. The van der Waals surface area contributed by atoms with Crippen LogP contribution < -0.4 is 5.32 Å². The molecule has 184 valence electrons. The molecule has 1 aromatic heterocycles. The summed E-state index contributed by atoms with van der Waals surface area (Å²) in [5.41, 5.74) is 9.36. The number of hydrogen-bond donors (Lipinski definition) is 1. The second kappa shape index (κ2) is 9.91. The van der Waals surface area contributed by atoms with Crippen LogP contribution in [0.4, 0.5) is 5.69 Å². The summed E-state index contributed by atoms with van der Waals surface area (Å²) in [6.45, 7) is 6.38. The smallest absolute Gasteiger partial charge is 0.0547 e. The molecule has 0 atom stereocenters. The van der Waals surface area contributed by atoms with Gasteiger partial charge in [0.1, 0.15) is 0 Å². The van der Waals surface area contributed by atoms with Crippen molar-refractivity contribution in [2.24, 2.45) is 0 Å². The molecule has 0 spiro atoms. The standard InChI is InChI=1S/C36H30N2/c1-4-29(23-17-25(2)30-12-7-8-13-31(30)27-18-21-28(37-3)22-19-27)38-34-16-10-9-15-33(34)36-32-14-6-5-11-26(32)20-24-35(36)38/h4-24,37H,1H2,2-3H3/b25-17+,29-23+. The molecule has 0 saturated heterocycles. The second-order valence-electron chi connectivity index (χ2n) is 9.55. The van der Waals surface area contributed by atoms with Crippen molar-refractivity contribution in [3.05, 3.63) is 140 Å². The molecule has 0 fully saturated rings. The van der Waals surface area contributed by atoms with Gasteiger partial charge in [-0.15, -0.1) is 0 Å². The minimum atomic E-state index is 1.04. The van der Waals surface area contributed by atoms with E-state index in [0.29, 0.717) is 0 Å². The zero-order chi connectivity index (χ0) is 26.1. The van der Waals surface area contributed by atoms with Gasteiger partial charge in [0.2, 0.25) is 0 Å². The maximum absolute atomic E-state index is 4.20. The third-order valence-corrected chi connectivity index (χ3v) is 7.37. The van der Waals surface area contributed by atoms with Crippen molar-refractivity contribution in [1.29, 1.82) is 0 Å². The first-order valence-electron chi connectivity index (χ1n) is 13.0. The second-order valence-corrected chi connectivity index (χ2v) is 9.55. The molecule has 2 heteroatoms. The first-order chi connectivity index (χ1) is 18.7. The van der Waals surface area contributed by atoms with Crippen LogP contribution in [0.3, 0.4) is 0 Å². The number of fused-ring (bicyclic) bond motifs is 5. The summed E-state index contributed by atoms with van der Waals surface area (Å²) < 4.78 is 2.33. The van der Waals surface area contributed by atoms with Gasteiger partial charge in [0, 0.05) is 29.2 Å². The third-order valence-electron chi connectivity index (χ3n) is 7.37. The van der Waals surface area contributed by atoms with Crippen LogP contribution in [0.5, 0.6) is 0 Å². The molecule has 6 rings (SSSR count). The summed E-state index contributed by atoms with van der Waals surface area (Å²) in [5, 5.41) is 8.26. The summed E-state index contributed by atoms with van der Waals surface area (Å²) in [7, 11) is 1.94. The highest BCUT2D eigenvalue weighted by atomic mass is 15.0. The van der Waals surface area contributed by atoms with Crippen LogP contribution in [-0.4, -0.2) is 11.6 Å². The topological polar surface area (TPSA) is 17.0 Å². The molecule has 0 amide bonds. The molecule has 0 bridgehead atoms. The highest BCUT2D eigenvalue weighted by Crippen LogP contribution is 2.37. The Morgan fingerprint density at radius 3 is 2.21 bits per heavy atom. The highest BCUT2D eigenvalue weighted by molar-refractivity contribution is 6.21. The summed E-state index contributed by atoms with van der Waals surface area (Å²) in [4.78, 5) is 0. The van der Waals surface area contributed by atoms with Gasteiger partial charge in [0.05, 0.1) is 11.0 Å². The van der Waals surface area contributed by atoms with Crippen LogP contribution in [0.1, 0.15) is 12.5 Å². The number of para-hydroxylation sites is 1. The normalized spacial score (nSPS) is 12.4. The molecule has 1 N–H and O–H groups in total. The molecule has 1 heterocycles. The number of nitrogens with one attached hydrogen (secondary N) is 1. The Kier molecular flexibility index (Phi) is 6.15. The van der Waals surface area contributed by atoms with E-state index in [9.17, 15) is 0 Å². The molecule has 0 aliphatic rings. The molecule has 0 saturated carbocycles. The van der Waals surface area contributed by atoms with Crippen LogP contribution in [0.15, 0.2) is 134 Å². The average Bonchev–Trinajstić information content (AvgIpc) is 3.32.